The van der Waals surface area contributed by atoms with Crippen molar-refractivity contribution in [1.82, 2.24) is 9.97 Å². The van der Waals surface area contributed by atoms with Gasteiger partial charge in [0.2, 0.25) is 5.95 Å². The van der Waals surface area contributed by atoms with E-state index in [2.05, 4.69) is 15.3 Å². The van der Waals surface area contributed by atoms with E-state index in [1.807, 2.05) is 32.0 Å². The zero-order valence-electron chi connectivity index (χ0n) is 10.9. The zero-order valence-corrected chi connectivity index (χ0v) is 11.6. The molecule has 2 aromatic rings. The SMILES string of the molecule is CC(C)c1nc(Nc2cccc(Cl)c2)ncc1CO. The Balaban J connectivity index is 2.28. The fraction of sp³-hybridized carbons (Fsp3) is 0.286. The van der Waals surface area contributed by atoms with Gasteiger partial charge in [-0.25, -0.2) is 9.97 Å². The highest BCUT2D eigenvalue weighted by Gasteiger charge is 2.10. The average Bonchev–Trinajstić information content (AvgIpc) is 2.38. The molecule has 5 heteroatoms. The first kappa shape index (κ1) is 13.8. The van der Waals surface area contributed by atoms with Crippen molar-refractivity contribution in [2.75, 3.05) is 5.32 Å². The fourth-order valence-corrected chi connectivity index (χ4v) is 1.99. The number of halogens is 1. The molecule has 0 radical (unpaired) electrons. The number of aromatic nitrogens is 2. The lowest BCUT2D eigenvalue weighted by atomic mass is 10.1. The molecule has 0 aliphatic rings. The lowest BCUT2D eigenvalue weighted by Crippen LogP contribution is -2.05. The quantitative estimate of drug-likeness (QED) is 0.898. The summed E-state index contributed by atoms with van der Waals surface area (Å²) in [6.07, 6.45) is 1.65. The normalized spacial score (nSPS) is 10.8. The van der Waals surface area contributed by atoms with Crippen LogP contribution in [0.2, 0.25) is 5.02 Å². The third-order valence-electron chi connectivity index (χ3n) is 2.70. The summed E-state index contributed by atoms with van der Waals surface area (Å²) in [7, 11) is 0. The van der Waals surface area contributed by atoms with Crippen LogP contribution in [0.25, 0.3) is 0 Å². The van der Waals surface area contributed by atoms with Gasteiger partial charge in [0.15, 0.2) is 0 Å². The molecule has 2 N–H and O–H groups in total. The molecule has 0 aliphatic carbocycles. The van der Waals surface area contributed by atoms with Crippen LogP contribution in [0.5, 0.6) is 0 Å². The van der Waals surface area contributed by atoms with Crippen molar-refractivity contribution in [1.29, 1.82) is 0 Å². The Morgan fingerprint density at radius 1 is 1.37 bits per heavy atom. The average molecular weight is 278 g/mol. The minimum atomic E-state index is -0.0506. The van der Waals surface area contributed by atoms with Gasteiger partial charge >= 0.3 is 0 Å². The summed E-state index contributed by atoms with van der Waals surface area (Å²) in [4.78, 5) is 8.63. The minimum Gasteiger partial charge on any atom is -0.392 e. The van der Waals surface area contributed by atoms with Gasteiger partial charge in [-0.05, 0) is 24.1 Å². The molecule has 0 saturated heterocycles. The van der Waals surface area contributed by atoms with Gasteiger partial charge in [0, 0.05) is 22.5 Å². The second-order valence-electron chi connectivity index (χ2n) is 4.55. The van der Waals surface area contributed by atoms with Crippen LogP contribution in [-0.4, -0.2) is 15.1 Å². The monoisotopic (exact) mass is 277 g/mol. The third-order valence-corrected chi connectivity index (χ3v) is 2.93. The highest BCUT2D eigenvalue weighted by atomic mass is 35.5. The minimum absolute atomic E-state index is 0.0506. The van der Waals surface area contributed by atoms with Gasteiger partial charge in [-0.3, -0.25) is 0 Å². The van der Waals surface area contributed by atoms with Crippen molar-refractivity contribution in [2.45, 2.75) is 26.4 Å². The molecular weight excluding hydrogens is 262 g/mol. The van der Waals surface area contributed by atoms with Gasteiger partial charge in [0.1, 0.15) is 0 Å². The summed E-state index contributed by atoms with van der Waals surface area (Å²) in [6, 6.07) is 7.36. The summed E-state index contributed by atoms with van der Waals surface area (Å²) in [5.41, 5.74) is 2.44. The first-order valence-electron chi connectivity index (χ1n) is 6.09. The van der Waals surface area contributed by atoms with E-state index in [0.29, 0.717) is 11.0 Å². The van der Waals surface area contributed by atoms with Crippen LogP contribution in [0.15, 0.2) is 30.5 Å². The Kier molecular flexibility index (Phi) is 4.35. The first-order chi connectivity index (χ1) is 9.10. The second-order valence-corrected chi connectivity index (χ2v) is 4.99. The number of aliphatic hydroxyl groups is 1. The molecule has 0 fully saturated rings. The Bertz CT molecular complexity index is 572. The van der Waals surface area contributed by atoms with E-state index in [1.165, 1.54) is 0 Å². The van der Waals surface area contributed by atoms with E-state index < -0.39 is 0 Å². The number of rotatable bonds is 4. The van der Waals surface area contributed by atoms with E-state index in [9.17, 15) is 5.11 Å². The first-order valence-corrected chi connectivity index (χ1v) is 6.47. The largest absolute Gasteiger partial charge is 0.392 e. The van der Waals surface area contributed by atoms with Gasteiger partial charge in [0.05, 0.1) is 12.3 Å². The number of benzene rings is 1. The van der Waals surface area contributed by atoms with Crippen LogP contribution >= 0.6 is 11.6 Å². The highest BCUT2D eigenvalue weighted by Crippen LogP contribution is 2.21. The third kappa shape index (κ3) is 3.43. The van der Waals surface area contributed by atoms with Gasteiger partial charge in [-0.2, -0.15) is 0 Å². The number of aliphatic hydroxyl groups excluding tert-OH is 1. The maximum atomic E-state index is 9.27. The number of nitrogens with zero attached hydrogens (tertiary/aromatic N) is 2. The van der Waals surface area contributed by atoms with Gasteiger partial charge < -0.3 is 10.4 Å². The predicted molar refractivity (Wildman–Crippen MR) is 76.8 cm³/mol. The van der Waals surface area contributed by atoms with E-state index in [4.69, 9.17) is 11.6 Å². The summed E-state index contributed by atoms with van der Waals surface area (Å²) < 4.78 is 0. The molecule has 1 heterocycles. The lowest BCUT2D eigenvalue weighted by molar-refractivity contribution is 0.279. The Morgan fingerprint density at radius 3 is 2.79 bits per heavy atom. The van der Waals surface area contributed by atoms with Crippen molar-refractivity contribution >= 4 is 23.2 Å². The van der Waals surface area contributed by atoms with Crippen molar-refractivity contribution in [3.8, 4) is 0 Å². The molecule has 0 unspecified atom stereocenters. The van der Waals surface area contributed by atoms with Crippen LogP contribution in [0, 0.1) is 0 Å². The number of hydrogen-bond donors (Lipinski definition) is 2. The summed E-state index contributed by atoms with van der Waals surface area (Å²) >= 11 is 5.93. The molecule has 4 nitrogen and oxygen atoms in total. The molecule has 0 atom stereocenters. The Labute approximate surface area is 117 Å². The van der Waals surface area contributed by atoms with Crippen molar-refractivity contribution in [3.05, 3.63) is 46.7 Å². The molecule has 100 valence electrons. The fourth-order valence-electron chi connectivity index (χ4n) is 1.80. The molecule has 2 rings (SSSR count). The Hall–Kier alpha value is -1.65. The molecular formula is C14H16ClN3O. The lowest BCUT2D eigenvalue weighted by Gasteiger charge is -2.12. The van der Waals surface area contributed by atoms with E-state index in [-0.39, 0.29) is 12.5 Å². The maximum absolute atomic E-state index is 9.27. The molecule has 0 aliphatic heterocycles. The molecule has 0 spiro atoms. The highest BCUT2D eigenvalue weighted by molar-refractivity contribution is 6.30. The number of nitrogens with one attached hydrogen (secondary N) is 1. The van der Waals surface area contributed by atoms with Crippen LogP contribution in [-0.2, 0) is 6.61 Å². The molecule has 0 amide bonds. The Morgan fingerprint density at radius 2 is 2.16 bits per heavy atom. The summed E-state index contributed by atoms with van der Waals surface area (Å²) in [5, 5.41) is 13.0. The number of anilines is 2. The molecule has 0 bridgehead atoms. The van der Waals surface area contributed by atoms with E-state index in [0.717, 1.165) is 16.9 Å². The van der Waals surface area contributed by atoms with E-state index >= 15 is 0 Å². The number of hydrogen-bond acceptors (Lipinski definition) is 4. The van der Waals surface area contributed by atoms with Crippen LogP contribution < -0.4 is 5.32 Å². The maximum Gasteiger partial charge on any atom is 0.227 e. The van der Waals surface area contributed by atoms with Gasteiger partial charge in [-0.1, -0.05) is 31.5 Å². The zero-order chi connectivity index (χ0) is 13.8. The van der Waals surface area contributed by atoms with Crippen LogP contribution in [0.1, 0.15) is 31.0 Å². The van der Waals surface area contributed by atoms with Crippen molar-refractivity contribution in [2.24, 2.45) is 0 Å². The van der Waals surface area contributed by atoms with Gasteiger partial charge in [-0.15, -0.1) is 0 Å². The standard InChI is InChI=1S/C14H16ClN3O/c1-9(2)13-10(8-19)7-16-14(18-13)17-12-5-3-4-11(15)6-12/h3-7,9,19H,8H2,1-2H3,(H,16,17,18). The van der Waals surface area contributed by atoms with Crippen molar-refractivity contribution < 1.29 is 5.11 Å². The summed E-state index contributed by atoms with van der Waals surface area (Å²) in [5.74, 6) is 0.730. The second kappa shape index (κ2) is 5.99. The van der Waals surface area contributed by atoms with E-state index in [1.54, 1.807) is 12.3 Å². The van der Waals surface area contributed by atoms with Crippen molar-refractivity contribution in [3.63, 3.8) is 0 Å². The van der Waals surface area contributed by atoms with Gasteiger partial charge in [0.25, 0.3) is 0 Å². The topological polar surface area (TPSA) is 58.0 Å². The molecule has 19 heavy (non-hydrogen) atoms. The molecule has 1 aromatic carbocycles. The summed E-state index contributed by atoms with van der Waals surface area (Å²) in [6.45, 7) is 4.01. The smallest absolute Gasteiger partial charge is 0.227 e. The predicted octanol–water partition coefficient (Wildman–Crippen LogP) is 3.49. The van der Waals surface area contributed by atoms with Crippen LogP contribution in [0.4, 0.5) is 11.6 Å². The molecule has 1 aromatic heterocycles. The van der Waals surface area contributed by atoms with Crippen LogP contribution in [0.3, 0.4) is 0 Å². The molecule has 0 saturated carbocycles.